The molecule has 0 saturated carbocycles. The average molecular weight is 488 g/mol. The topological polar surface area (TPSA) is 152 Å². The number of nitrogens with zero attached hydrogens (tertiary/aromatic N) is 4. The van der Waals surface area contributed by atoms with Crippen molar-refractivity contribution >= 4 is 29.2 Å². The highest BCUT2D eigenvalue weighted by Gasteiger charge is 2.25. The zero-order chi connectivity index (χ0) is 24.8. The molecule has 0 aliphatic rings. The number of carbonyl (C=O) groups is 1. The van der Waals surface area contributed by atoms with Crippen LogP contribution in [0.1, 0.15) is 19.4 Å². The Bertz CT molecular complexity index is 1250. The van der Waals surface area contributed by atoms with E-state index in [1.807, 2.05) is 45.0 Å². The maximum atomic E-state index is 13.1. The number of hydrogen-bond acceptors (Lipinski definition) is 8. The Morgan fingerprint density at radius 1 is 1.26 bits per heavy atom. The lowest BCUT2D eigenvalue weighted by molar-refractivity contribution is -0.116. The molecule has 0 atom stereocenters. The molecule has 34 heavy (non-hydrogen) atoms. The molecule has 12 heteroatoms. The van der Waals surface area contributed by atoms with Crippen molar-refractivity contribution in [2.75, 3.05) is 36.6 Å². The second-order valence-electron chi connectivity index (χ2n) is 8.16. The number of aromatic nitrogens is 5. The first kappa shape index (κ1) is 25.2. The van der Waals surface area contributed by atoms with Crippen LogP contribution in [-0.4, -0.2) is 56.7 Å². The first-order valence-corrected chi connectivity index (χ1v) is 11.7. The highest BCUT2D eigenvalue weighted by atomic mass is 32.2. The second-order valence-corrected chi connectivity index (χ2v) is 9.10. The second kappa shape index (κ2) is 11.2. The zero-order valence-electron chi connectivity index (χ0n) is 19.6. The number of H-pyrrole nitrogens is 2. The van der Waals surface area contributed by atoms with E-state index in [2.05, 4.69) is 20.2 Å². The number of nitrogens with two attached hydrogens (primary N) is 1. The molecular weight excluding hydrogens is 458 g/mol. The molecular formula is C22H29N7O4S. The van der Waals surface area contributed by atoms with Crippen molar-refractivity contribution in [3.05, 3.63) is 50.7 Å². The minimum absolute atomic E-state index is 0.0446. The van der Waals surface area contributed by atoms with E-state index in [1.54, 1.807) is 0 Å². The third-order valence-corrected chi connectivity index (χ3v) is 5.80. The monoisotopic (exact) mass is 487 g/mol. The number of rotatable bonds is 10. The molecule has 4 N–H and O–H groups in total. The number of ether oxygens (including phenoxy) is 1. The molecule has 0 aliphatic carbocycles. The highest BCUT2D eigenvalue weighted by Crippen LogP contribution is 2.22. The molecule has 0 aliphatic heterocycles. The zero-order valence-corrected chi connectivity index (χ0v) is 20.4. The molecule has 1 aromatic carbocycles. The van der Waals surface area contributed by atoms with Crippen LogP contribution in [0.2, 0.25) is 0 Å². The van der Waals surface area contributed by atoms with Gasteiger partial charge in [-0.15, -0.1) is 5.10 Å². The fourth-order valence-electron chi connectivity index (χ4n) is 3.28. The molecule has 3 rings (SSSR count). The van der Waals surface area contributed by atoms with Crippen molar-refractivity contribution in [1.82, 2.24) is 24.7 Å². The summed E-state index contributed by atoms with van der Waals surface area (Å²) in [5.41, 5.74) is 6.80. The summed E-state index contributed by atoms with van der Waals surface area (Å²) in [5, 5.41) is 7.43. The van der Waals surface area contributed by atoms with Crippen LogP contribution in [-0.2, 0) is 16.1 Å². The fraction of sp³-hybridized carbons (Fsp3) is 0.409. The van der Waals surface area contributed by atoms with E-state index >= 15 is 0 Å². The van der Waals surface area contributed by atoms with Gasteiger partial charge >= 0.3 is 5.69 Å². The van der Waals surface area contributed by atoms with Crippen LogP contribution in [0.25, 0.3) is 11.4 Å². The Labute approximate surface area is 200 Å². The van der Waals surface area contributed by atoms with Gasteiger partial charge in [-0.2, -0.15) is 0 Å². The molecule has 0 fully saturated rings. The summed E-state index contributed by atoms with van der Waals surface area (Å²) in [7, 11) is 1.49. The molecule has 2 aromatic heterocycles. The Morgan fingerprint density at radius 3 is 2.62 bits per heavy atom. The predicted octanol–water partition coefficient (Wildman–Crippen LogP) is 1.64. The van der Waals surface area contributed by atoms with Crippen molar-refractivity contribution < 1.29 is 9.53 Å². The summed E-state index contributed by atoms with van der Waals surface area (Å²) in [6.07, 6.45) is 0. The lowest BCUT2D eigenvalue weighted by Gasteiger charge is -2.24. The van der Waals surface area contributed by atoms with Crippen molar-refractivity contribution in [3.8, 4) is 11.4 Å². The smallest absolute Gasteiger partial charge is 0.330 e. The van der Waals surface area contributed by atoms with Gasteiger partial charge in [-0.1, -0.05) is 55.4 Å². The number of anilines is 2. The van der Waals surface area contributed by atoms with Gasteiger partial charge in [0, 0.05) is 25.8 Å². The minimum Gasteiger partial charge on any atom is -0.383 e. The molecule has 3 aromatic rings. The van der Waals surface area contributed by atoms with Crippen LogP contribution in [0, 0.1) is 12.8 Å². The van der Waals surface area contributed by atoms with Gasteiger partial charge in [0.2, 0.25) is 11.1 Å². The van der Waals surface area contributed by atoms with Gasteiger partial charge in [-0.3, -0.25) is 24.2 Å². The normalized spacial score (nSPS) is 11.2. The Kier molecular flexibility index (Phi) is 8.29. The fourth-order valence-corrected chi connectivity index (χ4v) is 3.96. The van der Waals surface area contributed by atoms with Gasteiger partial charge < -0.3 is 15.4 Å². The third-order valence-electron chi connectivity index (χ3n) is 4.97. The number of thioether (sulfide) groups is 1. The number of hydrogen-bond donors (Lipinski definition) is 3. The van der Waals surface area contributed by atoms with E-state index in [9.17, 15) is 14.4 Å². The maximum Gasteiger partial charge on any atom is 0.330 e. The van der Waals surface area contributed by atoms with Crippen LogP contribution in [0.5, 0.6) is 0 Å². The lowest BCUT2D eigenvalue weighted by Crippen LogP contribution is -2.43. The lowest BCUT2D eigenvalue weighted by atomic mass is 10.1. The van der Waals surface area contributed by atoms with Crippen LogP contribution in [0.3, 0.4) is 0 Å². The summed E-state index contributed by atoms with van der Waals surface area (Å²) < 4.78 is 6.38. The summed E-state index contributed by atoms with van der Waals surface area (Å²) in [6, 6.07) is 7.82. The number of amides is 1. The molecule has 2 heterocycles. The number of benzene rings is 1. The van der Waals surface area contributed by atoms with Crippen molar-refractivity contribution in [2.45, 2.75) is 32.5 Å². The summed E-state index contributed by atoms with van der Waals surface area (Å²) >= 11 is 1.13. The molecule has 182 valence electrons. The molecule has 0 spiro atoms. The number of methoxy groups -OCH3 is 1. The van der Waals surface area contributed by atoms with Crippen LogP contribution < -0.4 is 21.9 Å². The van der Waals surface area contributed by atoms with Crippen molar-refractivity contribution in [2.24, 2.45) is 5.92 Å². The van der Waals surface area contributed by atoms with Crippen LogP contribution >= 0.6 is 11.8 Å². The van der Waals surface area contributed by atoms with Gasteiger partial charge in [0.1, 0.15) is 5.82 Å². The predicted molar refractivity (Wildman–Crippen MR) is 132 cm³/mol. The van der Waals surface area contributed by atoms with Crippen LogP contribution in [0.4, 0.5) is 11.5 Å². The maximum absolute atomic E-state index is 13.1. The molecule has 1 amide bonds. The van der Waals surface area contributed by atoms with Gasteiger partial charge in [0.25, 0.3) is 5.56 Å². The Morgan fingerprint density at radius 2 is 1.97 bits per heavy atom. The van der Waals surface area contributed by atoms with Crippen molar-refractivity contribution in [3.63, 3.8) is 0 Å². The molecule has 11 nitrogen and oxygen atoms in total. The SMILES string of the molecule is COCCN(C(=O)CSc1n[nH]c(-c2ccc(C)cc2)n1)c1c(N)n(CC(C)C)c(=O)[nH]c1=O. The van der Waals surface area contributed by atoms with E-state index in [0.717, 1.165) is 22.9 Å². The highest BCUT2D eigenvalue weighted by molar-refractivity contribution is 7.99. The van der Waals surface area contributed by atoms with E-state index in [4.69, 9.17) is 10.5 Å². The third kappa shape index (κ3) is 5.94. The van der Waals surface area contributed by atoms with Gasteiger partial charge in [-0.05, 0) is 12.8 Å². The van der Waals surface area contributed by atoms with Gasteiger partial charge in [0.15, 0.2) is 11.5 Å². The van der Waals surface area contributed by atoms with E-state index in [0.29, 0.717) is 17.5 Å². The van der Waals surface area contributed by atoms with Gasteiger partial charge in [0.05, 0.1) is 12.4 Å². The number of aryl methyl sites for hydroxylation is 1. The molecule has 0 radical (unpaired) electrons. The number of nitrogen functional groups attached to an aromatic ring is 1. The first-order valence-electron chi connectivity index (χ1n) is 10.7. The standard InChI is InChI=1S/C22H29N7O4S/c1-13(2)11-29-18(23)17(20(31)25-22(29)32)28(9-10-33-4)16(30)12-34-21-24-19(26-27-21)15-7-5-14(3)6-8-15/h5-8,13H,9-12,23H2,1-4H3,(H,24,26,27)(H,25,31,32). The van der Waals surface area contributed by atoms with E-state index in [1.165, 1.54) is 16.6 Å². The largest absolute Gasteiger partial charge is 0.383 e. The summed E-state index contributed by atoms with van der Waals surface area (Å²) in [4.78, 5) is 46.0. The first-order chi connectivity index (χ1) is 16.2. The molecule has 0 saturated heterocycles. The number of nitrogens with one attached hydrogen (secondary N) is 2. The average Bonchev–Trinajstić information content (AvgIpc) is 3.26. The van der Waals surface area contributed by atoms with E-state index in [-0.39, 0.29) is 36.3 Å². The Hall–Kier alpha value is -3.38. The van der Waals surface area contributed by atoms with E-state index < -0.39 is 17.2 Å². The van der Waals surface area contributed by atoms with Crippen molar-refractivity contribution in [1.29, 1.82) is 0 Å². The molecule has 0 bridgehead atoms. The minimum atomic E-state index is -0.725. The summed E-state index contributed by atoms with van der Waals surface area (Å²) in [5.74, 6) is 0.197. The quantitative estimate of drug-likeness (QED) is 0.365. The van der Waals surface area contributed by atoms with Crippen LogP contribution in [0.15, 0.2) is 39.0 Å². The number of aromatic amines is 2. The van der Waals surface area contributed by atoms with Gasteiger partial charge in [-0.25, -0.2) is 9.78 Å². The Balaban J connectivity index is 1.82. The summed E-state index contributed by atoms with van der Waals surface area (Å²) in [6.45, 7) is 6.40. The number of carbonyl (C=O) groups excluding carboxylic acids is 1. The molecule has 0 unspecified atom stereocenters.